The lowest BCUT2D eigenvalue weighted by Crippen LogP contribution is -2.18. The smallest absolute Gasteiger partial charge is 0.307 e. The maximum absolute atomic E-state index is 13.2. The van der Waals surface area contributed by atoms with E-state index in [1.54, 1.807) is 30.6 Å². The van der Waals surface area contributed by atoms with E-state index in [2.05, 4.69) is 4.98 Å². The van der Waals surface area contributed by atoms with Gasteiger partial charge in [0.2, 0.25) is 0 Å². The molecule has 3 aromatic carbocycles. The lowest BCUT2D eigenvalue weighted by atomic mass is 9.93. The molecule has 38 heavy (non-hydrogen) atoms. The molecule has 0 atom stereocenters. The molecule has 0 amide bonds. The van der Waals surface area contributed by atoms with Gasteiger partial charge in [-0.2, -0.15) is 0 Å². The quantitative estimate of drug-likeness (QED) is 0.258. The number of benzene rings is 3. The zero-order valence-corrected chi connectivity index (χ0v) is 21.8. The third-order valence-corrected chi connectivity index (χ3v) is 7.91. The number of fused-ring (bicyclic) bond motifs is 2. The van der Waals surface area contributed by atoms with Crippen LogP contribution in [0.3, 0.4) is 0 Å². The van der Waals surface area contributed by atoms with Crippen LogP contribution in [-0.4, -0.2) is 25.6 Å². The Kier molecular flexibility index (Phi) is 6.02. The first-order valence-electron chi connectivity index (χ1n) is 11.9. The van der Waals surface area contributed by atoms with Gasteiger partial charge in [0.15, 0.2) is 0 Å². The SMILES string of the molecule is Cc1cc2nc(-c3ccnc(-n4ccc5ccccc5c4=O)c3)sc2c(-c2ccc(Cl)cc2)c1CC(=O)O. The number of carboxylic acid groups (broad SMARTS) is 1. The third-order valence-electron chi connectivity index (χ3n) is 6.52. The molecule has 0 aliphatic rings. The zero-order chi connectivity index (χ0) is 26.4. The Morgan fingerprint density at radius 1 is 1.03 bits per heavy atom. The van der Waals surface area contributed by atoms with Gasteiger partial charge in [-0.05, 0) is 71.5 Å². The first kappa shape index (κ1) is 24.0. The number of thiazole rings is 1. The van der Waals surface area contributed by atoms with E-state index >= 15 is 0 Å². The number of aryl methyl sites for hydroxylation is 1. The van der Waals surface area contributed by atoms with Crippen LogP contribution in [0.1, 0.15) is 11.1 Å². The Balaban J connectivity index is 1.52. The lowest BCUT2D eigenvalue weighted by molar-refractivity contribution is -0.136. The van der Waals surface area contributed by atoms with Gasteiger partial charge >= 0.3 is 5.97 Å². The molecular formula is C30H20ClN3O3S. The maximum atomic E-state index is 13.2. The molecule has 6 nitrogen and oxygen atoms in total. The van der Waals surface area contributed by atoms with E-state index in [1.165, 1.54) is 15.9 Å². The highest BCUT2D eigenvalue weighted by atomic mass is 35.5. The van der Waals surface area contributed by atoms with Gasteiger partial charge in [0.25, 0.3) is 5.56 Å². The summed E-state index contributed by atoms with van der Waals surface area (Å²) in [5.74, 6) is -0.398. The summed E-state index contributed by atoms with van der Waals surface area (Å²) in [5, 5.41) is 12.5. The Morgan fingerprint density at radius 2 is 1.82 bits per heavy atom. The third kappa shape index (κ3) is 4.26. The van der Waals surface area contributed by atoms with E-state index in [0.29, 0.717) is 16.2 Å². The number of pyridine rings is 2. The van der Waals surface area contributed by atoms with Crippen molar-refractivity contribution in [2.24, 2.45) is 0 Å². The lowest BCUT2D eigenvalue weighted by Gasteiger charge is -2.13. The van der Waals surface area contributed by atoms with Gasteiger partial charge in [0.1, 0.15) is 10.8 Å². The molecule has 0 saturated carbocycles. The number of halogens is 1. The standard InChI is InChI=1S/C30H20ClN3O3S/c1-17-14-24-28(27(23(17)16-26(35)36)19-6-8-21(31)9-7-19)38-29(33-24)20-10-12-32-25(15-20)34-13-11-18-4-2-3-5-22(18)30(34)37/h2-15H,16H2,1H3,(H,35,36). The second-order valence-corrected chi connectivity index (χ2v) is 10.4. The first-order valence-corrected chi connectivity index (χ1v) is 13.1. The largest absolute Gasteiger partial charge is 0.481 e. The molecule has 1 N–H and O–H groups in total. The summed E-state index contributed by atoms with van der Waals surface area (Å²) in [7, 11) is 0. The summed E-state index contributed by atoms with van der Waals surface area (Å²) in [6, 6.07) is 22.4. The fourth-order valence-electron chi connectivity index (χ4n) is 4.71. The minimum atomic E-state index is -0.896. The minimum absolute atomic E-state index is 0.0999. The summed E-state index contributed by atoms with van der Waals surface area (Å²) in [5.41, 5.74) is 4.80. The van der Waals surface area contributed by atoms with Crippen LogP contribution in [0.4, 0.5) is 0 Å². The fourth-order valence-corrected chi connectivity index (χ4v) is 5.97. The maximum Gasteiger partial charge on any atom is 0.307 e. The number of hydrogen-bond donors (Lipinski definition) is 1. The van der Waals surface area contributed by atoms with Crippen LogP contribution >= 0.6 is 22.9 Å². The second kappa shape index (κ2) is 9.52. The molecule has 6 rings (SSSR count). The Labute approximate surface area is 226 Å². The van der Waals surface area contributed by atoms with Crippen LogP contribution in [0, 0.1) is 6.92 Å². The number of hydrogen-bond acceptors (Lipinski definition) is 5. The summed E-state index contributed by atoms with van der Waals surface area (Å²) in [6.45, 7) is 1.91. The highest BCUT2D eigenvalue weighted by Crippen LogP contribution is 2.41. The minimum Gasteiger partial charge on any atom is -0.481 e. The molecule has 3 heterocycles. The summed E-state index contributed by atoms with van der Waals surface area (Å²) in [6.07, 6.45) is 3.30. The number of aromatic nitrogens is 3. The molecule has 0 radical (unpaired) electrons. The molecule has 0 fully saturated rings. The van der Waals surface area contributed by atoms with Crippen LogP contribution in [0.2, 0.25) is 5.02 Å². The molecule has 0 bridgehead atoms. The first-order chi connectivity index (χ1) is 18.4. The van der Waals surface area contributed by atoms with Crippen molar-refractivity contribution in [3.05, 3.63) is 112 Å². The number of nitrogens with zero attached hydrogens (tertiary/aromatic N) is 3. The van der Waals surface area contributed by atoms with Crippen LogP contribution in [0.25, 0.3) is 48.5 Å². The Bertz CT molecular complexity index is 1930. The predicted octanol–water partition coefficient (Wildman–Crippen LogP) is 6.92. The number of carboxylic acids is 1. The highest BCUT2D eigenvalue weighted by molar-refractivity contribution is 7.22. The number of aliphatic carboxylic acids is 1. The van der Waals surface area contributed by atoms with E-state index in [1.807, 2.05) is 61.5 Å². The average Bonchev–Trinajstić information content (AvgIpc) is 3.33. The average molecular weight is 538 g/mol. The van der Waals surface area contributed by atoms with Gasteiger partial charge in [-0.3, -0.25) is 14.2 Å². The molecule has 0 spiro atoms. The molecule has 0 aliphatic carbocycles. The van der Waals surface area contributed by atoms with Gasteiger partial charge in [0.05, 0.1) is 16.6 Å². The van der Waals surface area contributed by atoms with E-state index in [-0.39, 0.29) is 12.0 Å². The molecule has 0 unspecified atom stereocenters. The molecule has 3 aromatic heterocycles. The molecular weight excluding hydrogens is 518 g/mol. The van der Waals surface area contributed by atoms with Crippen molar-refractivity contribution in [3.8, 4) is 27.5 Å². The van der Waals surface area contributed by atoms with Crippen molar-refractivity contribution in [3.63, 3.8) is 0 Å². The normalized spacial score (nSPS) is 11.3. The van der Waals surface area contributed by atoms with Gasteiger partial charge in [-0.15, -0.1) is 11.3 Å². The molecule has 8 heteroatoms. The van der Waals surface area contributed by atoms with Crippen molar-refractivity contribution in [2.75, 3.05) is 0 Å². The van der Waals surface area contributed by atoms with Crippen molar-refractivity contribution >= 4 is 49.9 Å². The Hall–Kier alpha value is -4.33. The van der Waals surface area contributed by atoms with Crippen molar-refractivity contribution in [2.45, 2.75) is 13.3 Å². The van der Waals surface area contributed by atoms with Gasteiger partial charge in [-0.25, -0.2) is 9.97 Å². The van der Waals surface area contributed by atoms with E-state index in [9.17, 15) is 14.7 Å². The van der Waals surface area contributed by atoms with Crippen molar-refractivity contribution in [1.29, 1.82) is 0 Å². The number of rotatable bonds is 5. The van der Waals surface area contributed by atoms with Gasteiger partial charge in [-0.1, -0.05) is 41.9 Å². The van der Waals surface area contributed by atoms with E-state index < -0.39 is 5.97 Å². The predicted molar refractivity (Wildman–Crippen MR) is 152 cm³/mol. The van der Waals surface area contributed by atoms with E-state index in [0.717, 1.165) is 48.4 Å². The number of carbonyl (C=O) groups is 1. The summed E-state index contributed by atoms with van der Waals surface area (Å²) in [4.78, 5) is 34.3. The van der Waals surface area contributed by atoms with Crippen LogP contribution in [0.15, 0.2) is 90.0 Å². The second-order valence-electron chi connectivity index (χ2n) is 8.97. The summed E-state index contributed by atoms with van der Waals surface area (Å²) < 4.78 is 2.43. The summed E-state index contributed by atoms with van der Waals surface area (Å²) >= 11 is 7.62. The monoisotopic (exact) mass is 537 g/mol. The topological polar surface area (TPSA) is 85.1 Å². The van der Waals surface area contributed by atoms with Gasteiger partial charge in [0, 0.05) is 33.9 Å². The van der Waals surface area contributed by atoms with Gasteiger partial charge < -0.3 is 5.11 Å². The fraction of sp³-hybridized carbons (Fsp3) is 0.0667. The van der Waals surface area contributed by atoms with E-state index in [4.69, 9.17) is 16.6 Å². The molecule has 0 aliphatic heterocycles. The zero-order valence-electron chi connectivity index (χ0n) is 20.2. The highest BCUT2D eigenvalue weighted by Gasteiger charge is 2.20. The van der Waals surface area contributed by atoms with Crippen molar-refractivity contribution < 1.29 is 9.90 Å². The van der Waals surface area contributed by atoms with Crippen LogP contribution < -0.4 is 5.56 Å². The molecule has 0 saturated heterocycles. The van der Waals surface area contributed by atoms with Crippen LogP contribution in [0.5, 0.6) is 0 Å². The molecule has 6 aromatic rings. The van der Waals surface area contributed by atoms with Crippen molar-refractivity contribution in [1.82, 2.24) is 14.5 Å². The molecule has 186 valence electrons. The van der Waals surface area contributed by atoms with Crippen LogP contribution in [-0.2, 0) is 11.2 Å². The Morgan fingerprint density at radius 3 is 2.61 bits per heavy atom.